The molecule has 0 aliphatic carbocycles. The summed E-state index contributed by atoms with van der Waals surface area (Å²) in [5, 5.41) is 0. The number of ether oxygens (including phenoxy) is 2. The van der Waals surface area contributed by atoms with Crippen LogP contribution in [0.15, 0.2) is 73.1 Å². The molecule has 0 unspecified atom stereocenters. The van der Waals surface area contributed by atoms with E-state index in [1.807, 2.05) is 82.5 Å². The van der Waals surface area contributed by atoms with Gasteiger partial charge in [0, 0.05) is 56.4 Å². The van der Waals surface area contributed by atoms with E-state index in [1.165, 1.54) is 0 Å². The summed E-state index contributed by atoms with van der Waals surface area (Å²) in [5.74, 6) is 1.76. The topological polar surface area (TPSA) is 46.9 Å². The van der Waals surface area contributed by atoms with E-state index in [0.717, 1.165) is 55.5 Å². The maximum absolute atomic E-state index is 12.9. The molecule has 1 aliphatic rings. The number of nitrogens with zero attached hydrogens (tertiary/aromatic N) is 3. The predicted molar refractivity (Wildman–Crippen MR) is 117 cm³/mol. The van der Waals surface area contributed by atoms with Crippen LogP contribution in [0.2, 0.25) is 0 Å². The maximum Gasteiger partial charge on any atom is 0.254 e. The van der Waals surface area contributed by atoms with Gasteiger partial charge in [0.25, 0.3) is 5.91 Å². The van der Waals surface area contributed by atoms with E-state index in [9.17, 15) is 4.79 Å². The van der Waals surface area contributed by atoms with Crippen LogP contribution in [0.4, 0.5) is 0 Å². The summed E-state index contributed by atoms with van der Waals surface area (Å²) < 4.78 is 13.0. The Balaban J connectivity index is 1.25. The first kappa shape index (κ1) is 20.0. The molecule has 6 heteroatoms. The fourth-order valence-electron chi connectivity index (χ4n) is 3.63. The van der Waals surface area contributed by atoms with E-state index in [4.69, 9.17) is 9.47 Å². The fourth-order valence-corrected chi connectivity index (χ4v) is 3.63. The smallest absolute Gasteiger partial charge is 0.254 e. The average Bonchev–Trinajstić information content (AvgIpc) is 3.35. The second kappa shape index (κ2) is 9.50. The SMILES string of the molecule is COc1ccc(OCCN2CCN(C(=O)c3cccc(-n4cccc4)c3)CC2)cc1. The molecule has 2 aromatic carbocycles. The molecular weight excluding hydrogens is 378 g/mol. The van der Waals surface area contributed by atoms with Crippen LogP contribution in [0.3, 0.4) is 0 Å². The lowest BCUT2D eigenvalue weighted by atomic mass is 10.1. The molecule has 3 aromatic rings. The molecule has 1 aromatic heterocycles. The van der Waals surface area contributed by atoms with Gasteiger partial charge in [-0.25, -0.2) is 0 Å². The molecule has 1 aliphatic heterocycles. The Morgan fingerprint density at radius 3 is 2.30 bits per heavy atom. The van der Waals surface area contributed by atoms with Crippen molar-refractivity contribution >= 4 is 5.91 Å². The molecule has 0 spiro atoms. The number of methoxy groups -OCH3 is 1. The zero-order valence-electron chi connectivity index (χ0n) is 17.2. The van der Waals surface area contributed by atoms with Crippen LogP contribution in [-0.2, 0) is 0 Å². The highest BCUT2D eigenvalue weighted by Gasteiger charge is 2.22. The molecule has 1 saturated heterocycles. The molecule has 1 fully saturated rings. The van der Waals surface area contributed by atoms with Gasteiger partial charge in [0.05, 0.1) is 7.11 Å². The highest BCUT2D eigenvalue weighted by molar-refractivity contribution is 5.94. The minimum atomic E-state index is 0.0955. The van der Waals surface area contributed by atoms with E-state index in [1.54, 1.807) is 7.11 Å². The molecule has 1 amide bonds. The number of amides is 1. The summed E-state index contributed by atoms with van der Waals surface area (Å²) >= 11 is 0. The monoisotopic (exact) mass is 405 g/mol. The van der Waals surface area contributed by atoms with Crippen LogP contribution < -0.4 is 9.47 Å². The molecule has 6 nitrogen and oxygen atoms in total. The summed E-state index contributed by atoms with van der Waals surface area (Å²) in [5.41, 5.74) is 1.73. The molecule has 0 N–H and O–H groups in total. The van der Waals surface area contributed by atoms with Gasteiger partial charge in [0.1, 0.15) is 18.1 Å². The molecule has 30 heavy (non-hydrogen) atoms. The van der Waals surface area contributed by atoms with Crippen molar-refractivity contribution in [3.8, 4) is 17.2 Å². The molecular formula is C24H27N3O3. The number of benzene rings is 2. The molecule has 0 radical (unpaired) electrons. The molecule has 2 heterocycles. The summed E-state index contributed by atoms with van der Waals surface area (Å²) in [4.78, 5) is 17.2. The van der Waals surface area contributed by atoms with E-state index >= 15 is 0 Å². The molecule has 0 atom stereocenters. The number of hydrogen-bond acceptors (Lipinski definition) is 4. The predicted octanol–water partition coefficient (Wildman–Crippen LogP) is 3.32. The third-order valence-electron chi connectivity index (χ3n) is 5.39. The van der Waals surface area contributed by atoms with Gasteiger partial charge in [-0.15, -0.1) is 0 Å². The Labute approximate surface area is 177 Å². The van der Waals surface area contributed by atoms with Crippen LogP contribution in [-0.4, -0.2) is 66.7 Å². The van der Waals surface area contributed by atoms with Crippen LogP contribution in [0.5, 0.6) is 11.5 Å². The van der Waals surface area contributed by atoms with E-state index in [-0.39, 0.29) is 5.91 Å². The highest BCUT2D eigenvalue weighted by atomic mass is 16.5. The lowest BCUT2D eigenvalue weighted by Crippen LogP contribution is -2.49. The number of aromatic nitrogens is 1. The average molecular weight is 405 g/mol. The molecule has 4 rings (SSSR count). The number of rotatable bonds is 7. The van der Waals surface area contributed by atoms with Crippen LogP contribution in [0.1, 0.15) is 10.4 Å². The van der Waals surface area contributed by atoms with E-state index in [0.29, 0.717) is 6.61 Å². The second-order valence-corrected chi connectivity index (χ2v) is 7.30. The van der Waals surface area contributed by atoms with Crippen LogP contribution in [0, 0.1) is 0 Å². The van der Waals surface area contributed by atoms with E-state index < -0.39 is 0 Å². The lowest BCUT2D eigenvalue weighted by molar-refractivity contribution is 0.0620. The van der Waals surface area contributed by atoms with Crippen molar-refractivity contribution in [2.75, 3.05) is 46.4 Å². The number of piperazine rings is 1. The van der Waals surface area contributed by atoms with Crippen molar-refractivity contribution in [2.24, 2.45) is 0 Å². The quantitative estimate of drug-likeness (QED) is 0.605. The highest BCUT2D eigenvalue weighted by Crippen LogP contribution is 2.17. The van der Waals surface area contributed by atoms with Gasteiger partial charge >= 0.3 is 0 Å². The Hall–Kier alpha value is -3.25. The van der Waals surface area contributed by atoms with Crippen molar-refractivity contribution in [2.45, 2.75) is 0 Å². The Morgan fingerprint density at radius 1 is 0.900 bits per heavy atom. The zero-order valence-corrected chi connectivity index (χ0v) is 17.2. The van der Waals surface area contributed by atoms with Gasteiger partial charge in [0.15, 0.2) is 0 Å². The number of carbonyl (C=O) groups excluding carboxylic acids is 1. The third-order valence-corrected chi connectivity index (χ3v) is 5.39. The number of hydrogen-bond donors (Lipinski definition) is 0. The normalized spacial score (nSPS) is 14.5. The summed E-state index contributed by atoms with van der Waals surface area (Å²) in [6, 6.07) is 19.4. The van der Waals surface area contributed by atoms with E-state index in [2.05, 4.69) is 4.90 Å². The molecule has 156 valence electrons. The first-order valence-electron chi connectivity index (χ1n) is 10.2. The zero-order chi connectivity index (χ0) is 20.8. The summed E-state index contributed by atoms with van der Waals surface area (Å²) in [7, 11) is 1.65. The van der Waals surface area contributed by atoms with Crippen molar-refractivity contribution in [1.29, 1.82) is 0 Å². The standard InChI is InChI=1S/C24H27N3O3/c1-29-22-7-9-23(10-8-22)30-18-17-25-13-15-27(16-14-25)24(28)20-5-4-6-21(19-20)26-11-2-3-12-26/h2-12,19H,13-18H2,1H3. The first-order chi connectivity index (χ1) is 14.7. The maximum atomic E-state index is 12.9. The summed E-state index contributed by atoms with van der Waals surface area (Å²) in [6.45, 7) is 4.64. The van der Waals surface area contributed by atoms with Crippen molar-refractivity contribution in [3.63, 3.8) is 0 Å². The molecule has 0 bridgehead atoms. The van der Waals surface area contributed by atoms with Gasteiger partial charge < -0.3 is 18.9 Å². The van der Waals surface area contributed by atoms with Gasteiger partial charge in [-0.3, -0.25) is 9.69 Å². The second-order valence-electron chi connectivity index (χ2n) is 7.30. The summed E-state index contributed by atoms with van der Waals surface area (Å²) in [6.07, 6.45) is 3.97. The Kier molecular flexibility index (Phi) is 6.35. The van der Waals surface area contributed by atoms with Crippen molar-refractivity contribution in [3.05, 3.63) is 78.6 Å². The van der Waals surface area contributed by atoms with Crippen molar-refractivity contribution < 1.29 is 14.3 Å². The van der Waals surface area contributed by atoms with Crippen LogP contribution >= 0.6 is 0 Å². The van der Waals surface area contributed by atoms with Gasteiger partial charge in [-0.2, -0.15) is 0 Å². The Bertz CT molecular complexity index is 946. The Morgan fingerprint density at radius 2 is 1.60 bits per heavy atom. The van der Waals surface area contributed by atoms with Crippen molar-refractivity contribution in [1.82, 2.24) is 14.4 Å². The fraction of sp³-hybridized carbons (Fsp3) is 0.292. The van der Waals surface area contributed by atoms with Gasteiger partial charge in [-0.1, -0.05) is 6.07 Å². The third kappa shape index (κ3) is 4.83. The van der Waals surface area contributed by atoms with Crippen LogP contribution in [0.25, 0.3) is 5.69 Å². The minimum Gasteiger partial charge on any atom is -0.497 e. The minimum absolute atomic E-state index is 0.0955. The van der Waals surface area contributed by atoms with Gasteiger partial charge in [-0.05, 0) is 54.6 Å². The molecule has 0 saturated carbocycles. The lowest BCUT2D eigenvalue weighted by Gasteiger charge is -2.34. The van der Waals surface area contributed by atoms with Gasteiger partial charge in [0.2, 0.25) is 0 Å². The number of carbonyl (C=O) groups is 1. The largest absolute Gasteiger partial charge is 0.497 e. The first-order valence-corrected chi connectivity index (χ1v) is 10.2.